The molecule has 0 bridgehead atoms. The van der Waals surface area contributed by atoms with Crippen LogP contribution in [0, 0.1) is 13.8 Å². The van der Waals surface area contributed by atoms with Crippen LogP contribution < -0.4 is 10.7 Å². The van der Waals surface area contributed by atoms with Gasteiger partial charge in [0.25, 0.3) is 0 Å². The number of hydrazone groups is 1. The highest BCUT2D eigenvalue weighted by Crippen LogP contribution is 2.31. The maximum absolute atomic E-state index is 13.0. The standard InChI is InChI=1S/C21H19F3N4O/c1-14-11-16(13-25-27-20(29)26-18-8-4-3-5-9-18)15(2)28(14)19-10-6-7-17(12-19)21(22,23)24/h3-13H,1-2H3,(H2,26,27,29)/b25-13-. The van der Waals surface area contributed by atoms with Crippen LogP contribution in [0.4, 0.5) is 23.7 Å². The molecule has 3 aromatic rings. The number of amides is 2. The van der Waals surface area contributed by atoms with Crippen LogP contribution in [0.15, 0.2) is 65.8 Å². The SMILES string of the molecule is Cc1cc(/C=N\NC(=O)Nc2ccccc2)c(C)n1-c1cccc(C(F)(F)F)c1. The molecule has 29 heavy (non-hydrogen) atoms. The van der Waals surface area contributed by atoms with Gasteiger partial charge in [0, 0.05) is 28.3 Å². The first-order valence-electron chi connectivity index (χ1n) is 8.77. The molecule has 2 amide bonds. The Hall–Kier alpha value is -3.55. The zero-order valence-corrected chi connectivity index (χ0v) is 15.8. The number of hydrogen-bond acceptors (Lipinski definition) is 2. The van der Waals surface area contributed by atoms with Crippen LogP contribution in [0.1, 0.15) is 22.5 Å². The number of aryl methyl sites for hydroxylation is 1. The quantitative estimate of drug-likeness (QED) is 0.455. The summed E-state index contributed by atoms with van der Waals surface area (Å²) in [6.07, 6.45) is -2.96. The minimum Gasteiger partial charge on any atom is -0.318 e. The highest BCUT2D eigenvalue weighted by molar-refractivity contribution is 5.90. The van der Waals surface area contributed by atoms with Crippen molar-refractivity contribution in [3.63, 3.8) is 0 Å². The number of anilines is 1. The predicted octanol–water partition coefficient (Wildman–Crippen LogP) is 5.27. The summed E-state index contributed by atoms with van der Waals surface area (Å²) in [7, 11) is 0. The van der Waals surface area contributed by atoms with Gasteiger partial charge in [0.1, 0.15) is 0 Å². The van der Waals surface area contributed by atoms with Crippen LogP contribution in [0.3, 0.4) is 0 Å². The number of rotatable bonds is 4. The molecule has 0 unspecified atom stereocenters. The summed E-state index contributed by atoms with van der Waals surface area (Å²) in [5, 5.41) is 6.55. The fraction of sp³-hybridized carbons (Fsp3) is 0.143. The number of para-hydroxylation sites is 1. The monoisotopic (exact) mass is 400 g/mol. The summed E-state index contributed by atoms with van der Waals surface area (Å²) in [6.45, 7) is 3.57. The highest BCUT2D eigenvalue weighted by atomic mass is 19.4. The summed E-state index contributed by atoms with van der Waals surface area (Å²) in [4.78, 5) is 11.9. The molecule has 150 valence electrons. The van der Waals surface area contributed by atoms with E-state index in [4.69, 9.17) is 0 Å². The van der Waals surface area contributed by atoms with Gasteiger partial charge in [-0.05, 0) is 50.2 Å². The number of halogens is 3. The van der Waals surface area contributed by atoms with Crippen LogP contribution in [-0.4, -0.2) is 16.8 Å². The third-order valence-electron chi connectivity index (χ3n) is 4.30. The second kappa shape index (κ2) is 8.22. The van der Waals surface area contributed by atoms with E-state index in [1.807, 2.05) is 6.07 Å². The molecule has 5 nitrogen and oxygen atoms in total. The Bertz CT molecular complexity index is 1040. The van der Waals surface area contributed by atoms with Crippen molar-refractivity contribution in [1.82, 2.24) is 9.99 Å². The van der Waals surface area contributed by atoms with E-state index < -0.39 is 17.8 Å². The van der Waals surface area contributed by atoms with Crippen LogP contribution in [0.2, 0.25) is 0 Å². The molecule has 0 spiro atoms. The maximum Gasteiger partial charge on any atom is 0.416 e. The number of carbonyl (C=O) groups is 1. The van der Waals surface area contributed by atoms with Gasteiger partial charge in [-0.25, -0.2) is 10.2 Å². The van der Waals surface area contributed by atoms with Crippen LogP contribution in [0.5, 0.6) is 0 Å². The van der Waals surface area contributed by atoms with Crippen LogP contribution in [-0.2, 0) is 6.18 Å². The van der Waals surface area contributed by atoms with E-state index in [1.165, 1.54) is 12.3 Å². The molecule has 0 saturated carbocycles. The van der Waals surface area contributed by atoms with E-state index in [0.717, 1.165) is 17.8 Å². The molecule has 0 aliphatic carbocycles. The summed E-state index contributed by atoms with van der Waals surface area (Å²) in [5.74, 6) is 0. The van der Waals surface area contributed by atoms with Gasteiger partial charge in [0.15, 0.2) is 0 Å². The fourth-order valence-corrected chi connectivity index (χ4v) is 2.98. The lowest BCUT2D eigenvalue weighted by molar-refractivity contribution is -0.137. The van der Waals surface area contributed by atoms with E-state index in [0.29, 0.717) is 22.6 Å². The van der Waals surface area contributed by atoms with Gasteiger partial charge in [0.05, 0.1) is 11.8 Å². The third kappa shape index (κ3) is 4.84. The Labute approximate surface area is 165 Å². The molecule has 3 rings (SSSR count). The van der Waals surface area contributed by atoms with Crippen molar-refractivity contribution in [3.05, 3.63) is 83.2 Å². The number of nitrogens with one attached hydrogen (secondary N) is 2. The molecule has 1 aromatic heterocycles. The molecule has 0 atom stereocenters. The average Bonchev–Trinajstić information content (AvgIpc) is 2.95. The van der Waals surface area contributed by atoms with Gasteiger partial charge in [-0.2, -0.15) is 18.3 Å². The maximum atomic E-state index is 13.0. The zero-order valence-electron chi connectivity index (χ0n) is 15.8. The summed E-state index contributed by atoms with van der Waals surface area (Å²) >= 11 is 0. The second-order valence-electron chi connectivity index (χ2n) is 6.40. The third-order valence-corrected chi connectivity index (χ3v) is 4.30. The van der Waals surface area contributed by atoms with Crippen molar-refractivity contribution in [3.8, 4) is 5.69 Å². The Kier molecular flexibility index (Phi) is 5.72. The van der Waals surface area contributed by atoms with Gasteiger partial charge >= 0.3 is 12.2 Å². The van der Waals surface area contributed by atoms with Crippen LogP contribution >= 0.6 is 0 Å². The number of nitrogens with zero attached hydrogens (tertiary/aromatic N) is 2. The van der Waals surface area contributed by atoms with Crippen molar-refractivity contribution >= 4 is 17.9 Å². The Balaban J connectivity index is 1.76. The first-order chi connectivity index (χ1) is 13.8. The average molecular weight is 400 g/mol. The Morgan fingerprint density at radius 1 is 1.03 bits per heavy atom. The number of aromatic nitrogens is 1. The molecule has 1 heterocycles. The number of alkyl halides is 3. The molecule has 8 heteroatoms. The minimum atomic E-state index is -4.41. The molecular formula is C21H19F3N4O. The van der Waals surface area contributed by atoms with E-state index in [-0.39, 0.29) is 0 Å². The molecule has 0 aliphatic rings. The number of urea groups is 1. The molecule has 2 N–H and O–H groups in total. The summed E-state index contributed by atoms with van der Waals surface area (Å²) in [6, 6.07) is 15.3. The molecule has 0 aliphatic heterocycles. The lowest BCUT2D eigenvalue weighted by Gasteiger charge is -2.13. The molecular weight excluding hydrogens is 381 g/mol. The molecule has 0 saturated heterocycles. The fourth-order valence-electron chi connectivity index (χ4n) is 2.98. The summed E-state index contributed by atoms with van der Waals surface area (Å²) < 4.78 is 40.7. The van der Waals surface area contributed by atoms with E-state index >= 15 is 0 Å². The first-order valence-corrected chi connectivity index (χ1v) is 8.77. The van der Waals surface area contributed by atoms with Crippen molar-refractivity contribution in [2.24, 2.45) is 5.10 Å². The van der Waals surface area contributed by atoms with Crippen molar-refractivity contribution < 1.29 is 18.0 Å². The van der Waals surface area contributed by atoms with Gasteiger partial charge in [-0.15, -0.1) is 0 Å². The van der Waals surface area contributed by atoms with Crippen molar-refractivity contribution in [2.75, 3.05) is 5.32 Å². The van der Waals surface area contributed by atoms with Gasteiger partial charge in [-0.3, -0.25) is 0 Å². The van der Waals surface area contributed by atoms with Crippen LogP contribution in [0.25, 0.3) is 5.69 Å². The van der Waals surface area contributed by atoms with E-state index in [1.54, 1.807) is 54.8 Å². The van der Waals surface area contributed by atoms with Crippen molar-refractivity contribution in [2.45, 2.75) is 20.0 Å². The number of carbonyl (C=O) groups excluding carboxylic acids is 1. The zero-order chi connectivity index (χ0) is 21.0. The largest absolute Gasteiger partial charge is 0.416 e. The normalized spacial score (nSPS) is 11.6. The predicted molar refractivity (Wildman–Crippen MR) is 106 cm³/mol. The van der Waals surface area contributed by atoms with E-state index in [2.05, 4.69) is 15.8 Å². The Morgan fingerprint density at radius 3 is 2.45 bits per heavy atom. The van der Waals surface area contributed by atoms with Crippen molar-refractivity contribution in [1.29, 1.82) is 0 Å². The number of benzene rings is 2. The summed E-state index contributed by atoms with van der Waals surface area (Å²) in [5.41, 5.74) is 4.82. The minimum absolute atomic E-state index is 0.407. The number of hydrogen-bond donors (Lipinski definition) is 2. The van der Waals surface area contributed by atoms with E-state index in [9.17, 15) is 18.0 Å². The van der Waals surface area contributed by atoms with Gasteiger partial charge in [-0.1, -0.05) is 24.3 Å². The highest BCUT2D eigenvalue weighted by Gasteiger charge is 2.30. The first kappa shape index (κ1) is 20.2. The lowest BCUT2D eigenvalue weighted by Crippen LogP contribution is -2.24. The smallest absolute Gasteiger partial charge is 0.318 e. The Morgan fingerprint density at radius 2 is 1.76 bits per heavy atom. The molecule has 2 aromatic carbocycles. The molecule has 0 radical (unpaired) electrons. The van der Waals surface area contributed by atoms with Gasteiger partial charge in [0.2, 0.25) is 0 Å². The second-order valence-corrected chi connectivity index (χ2v) is 6.40. The van der Waals surface area contributed by atoms with Gasteiger partial charge < -0.3 is 9.88 Å². The lowest BCUT2D eigenvalue weighted by atomic mass is 10.2. The topological polar surface area (TPSA) is 58.4 Å². The molecule has 0 fully saturated rings.